The molecule has 1 heterocycles. The highest BCUT2D eigenvalue weighted by Crippen LogP contribution is 2.25. The van der Waals surface area contributed by atoms with E-state index >= 15 is 0 Å². The van der Waals surface area contributed by atoms with Crippen LogP contribution in [0.4, 0.5) is 0 Å². The number of hydrogen-bond acceptors (Lipinski definition) is 4. The van der Waals surface area contributed by atoms with E-state index in [1.165, 1.54) is 15.6 Å². The molecule has 0 unspecified atom stereocenters. The normalized spacial score (nSPS) is 11.7. The minimum Gasteiger partial charge on any atom is -0.396 e. The third kappa shape index (κ3) is 3.52. The van der Waals surface area contributed by atoms with Crippen LogP contribution >= 0.6 is 11.3 Å². The van der Waals surface area contributed by atoms with E-state index in [0.29, 0.717) is 6.42 Å². The number of aliphatic hydroxyl groups is 1. The van der Waals surface area contributed by atoms with Gasteiger partial charge in [-0.2, -0.15) is 4.31 Å². The Bertz CT molecular complexity index is 495. The Hall–Kier alpha value is -0.950. The molecule has 18 heavy (non-hydrogen) atoms. The Morgan fingerprint density at radius 2 is 1.89 bits per heavy atom. The van der Waals surface area contributed by atoms with E-state index < -0.39 is 10.0 Å². The molecular formula is C12H17NO3S2. The fraction of sp³-hybridized carbons (Fsp3) is 0.333. The van der Waals surface area contributed by atoms with E-state index in [0.717, 1.165) is 4.88 Å². The predicted octanol–water partition coefficient (Wildman–Crippen LogP) is 1.65. The zero-order valence-corrected chi connectivity index (χ0v) is 11.7. The highest BCUT2D eigenvalue weighted by atomic mass is 32.2. The second-order valence-corrected chi connectivity index (χ2v) is 6.93. The molecule has 1 aromatic heterocycles. The number of nitrogens with zero attached hydrogens (tertiary/aromatic N) is 1. The number of aliphatic hydroxyl groups excluding tert-OH is 1. The second-order valence-electron chi connectivity index (χ2n) is 3.59. The Morgan fingerprint density at radius 3 is 2.39 bits per heavy atom. The van der Waals surface area contributed by atoms with Gasteiger partial charge in [0.15, 0.2) is 0 Å². The Morgan fingerprint density at radius 1 is 1.28 bits per heavy atom. The molecule has 1 rings (SSSR count). The SMILES string of the molecule is C=CCN(CC=C)S(=O)(=O)c1ccc(CCO)s1. The monoisotopic (exact) mass is 287 g/mol. The maximum Gasteiger partial charge on any atom is 0.253 e. The van der Waals surface area contributed by atoms with Crippen LogP contribution in [0.15, 0.2) is 41.7 Å². The standard InChI is InChI=1S/C12H17NO3S2/c1-3-8-13(9-4-2)18(15,16)12-6-5-11(17-12)7-10-14/h3-6,14H,1-2,7-10H2. The van der Waals surface area contributed by atoms with Crippen molar-refractivity contribution < 1.29 is 13.5 Å². The van der Waals surface area contributed by atoms with Crippen LogP contribution in [-0.2, 0) is 16.4 Å². The van der Waals surface area contributed by atoms with E-state index in [1.807, 2.05) is 0 Å². The van der Waals surface area contributed by atoms with Crippen LogP contribution in [-0.4, -0.2) is 37.5 Å². The van der Waals surface area contributed by atoms with Gasteiger partial charge < -0.3 is 5.11 Å². The van der Waals surface area contributed by atoms with E-state index in [9.17, 15) is 8.42 Å². The summed E-state index contributed by atoms with van der Waals surface area (Å²) in [4.78, 5) is 0.855. The molecular weight excluding hydrogens is 270 g/mol. The molecule has 0 amide bonds. The molecule has 0 radical (unpaired) electrons. The van der Waals surface area contributed by atoms with Crippen molar-refractivity contribution in [2.45, 2.75) is 10.6 Å². The van der Waals surface area contributed by atoms with Crippen LogP contribution in [0.3, 0.4) is 0 Å². The van der Waals surface area contributed by atoms with E-state index in [2.05, 4.69) is 13.2 Å². The molecule has 0 saturated carbocycles. The number of thiophene rings is 1. The lowest BCUT2D eigenvalue weighted by molar-refractivity contribution is 0.300. The smallest absolute Gasteiger partial charge is 0.253 e. The Labute approximate surface area is 112 Å². The van der Waals surface area contributed by atoms with Crippen LogP contribution in [0.5, 0.6) is 0 Å². The fourth-order valence-corrected chi connectivity index (χ4v) is 4.31. The molecule has 1 N–H and O–H groups in total. The Balaban J connectivity index is 3.01. The van der Waals surface area contributed by atoms with Crippen molar-refractivity contribution in [1.29, 1.82) is 0 Å². The van der Waals surface area contributed by atoms with E-state index in [1.54, 1.807) is 24.3 Å². The van der Waals surface area contributed by atoms with Gasteiger partial charge in [-0.25, -0.2) is 8.42 Å². The van der Waals surface area contributed by atoms with Crippen LogP contribution in [0.2, 0.25) is 0 Å². The van der Waals surface area contributed by atoms with Gasteiger partial charge in [0.1, 0.15) is 4.21 Å². The fourth-order valence-electron chi connectivity index (χ4n) is 1.43. The minimum absolute atomic E-state index is 0.0169. The van der Waals surface area contributed by atoms with Crippen molar-refractivity contribution in [1.82, 2.24) is 4.31 Å². The van der Waals surface area contributed by atoms with Gasteiger partial charge in [-0.15, -0.1) is 24.5 Å². The zero-order valence-electron chi connectivity index (χ0n) is 10.1. The third-order valence-corrected chi connectivity index (χ3v) is 5.70. The average Bonchev–Trinajstić information content (AvgIpc) is 2.78. The van der Waals surface area contributed by atoms with Gasteiger partial charge in [0.05, 0.1) is 0 Å². The molecule has 0 saturated heterocycles. The van der Waals surface area contributed by atoms with Crippen molar-refractivity contribution >= 4 is 21.4 Å². The quantitative estimate of drug-likeness (QED) is 0.740. The summed E-state index contributed by atoms with van der Waals surface area (Å²) >= 11 is 1.19. The molecule has 0 atom stereocenters. The third-order valence-electron chi connectivity index (χ3n) is 2.25. The van der Waals surface area contributed by atoms with Crippen LogP contribution in [0.1, 0.15) is 4.88 Å². The largest absolute Gasteiger partial charge is 0.396 e. The maximum atomic E-state index is 12.3. The van der Waals surface area contributed by atoms with Crippen LogP contribution in [0.25, 0.3) is 0 Å². The summed E-state index contributed by atoms with van der Waals surface area (Å²) < 4.78 is 26.2. The summed E-state index contributed by atoms with van der Waals surface area (Å²) in [5, 5.41) is 8.83. The van der Waals surface area contributed by atoms with Crippen LogP contribution in [0, 0.1) is 0 Å². The Kier molecular flexibility index (Phi) is 5.74. The topological polar surface area (TPSA) is 57.6 Å². The van der Waals surface area contributed by atoms with Crippen molar-refractivity contribution in [3.63, 3.8) is 0 Å². The molecule has 4 nitrogen and oxygen atoms in total. The first-order chi connectivity index (χ1) is 8.56. The summed E-state index contributed by atoms with van der Waals surface area (Å²) in [5.74, 6) is 0. The van der Waals surface area contributed by atoms with Crippen molar-refractivity contribution in [2.24, 2.45) is 0 Å². The molecule has 0 aromatic carbocycles. The minimum atomic E-state index is -3.50. The number of sulfonamides is 1. The first-order valence-electron chi connectivity index (χ1n) is 5.47. The number of rotatable bonds is 8. The van der Waals surface area contributed by atoms with Crippen molar-refractivity contribution in [2.75, 3.05) is 19.7 Å². The van der Waals surface area contributed by atoms with E-state index in [-0.39, 0.29) is 23.9 Å². The molecule has 0 aliphatic carbocycles. The zero-order chi connectivity index (χ0) is 13.6. The lowest BCUT2D eigenvalue weighted by Crippen LogP contribution is -2.30. The summed E-state index contributed by atoms with van der Waals surface area (Å²) in [6.07, 6.45) is 3.57. The predicted molar refractivity (Wildman–Crippen MR) is 74.3 cm³/mol. The van der Waals surface area contributed by atoms with Gasteiger partial charge in [0.25, 0.3) is 10.0 Å². The molecule has 6 heteroatoms. The van der Waals surface area contributed by atoms with Gasteiger partial charge in [-0.1, -0.05) is 12.2 Å². The lowest BCUT2D eigenvalue weighted by Gasteiger charge is -2.17. The first-order valence-corrected chi connectivity index (χ1v) is 7.73. The lowest BCUT2D eigenvalue weighted by atomic mass is 10.4. The van der Waals surface area contributed by atoms with Gasteiger partial charge in [-0.3, -0.25) is 0 Å². The second kappa shape index (κ2) is 6.84. The summed E-state index contributed by atoms with van der Waals surface area (Å²) in [5.41, 5.74) is 0. The molecule has 0 bridgehead atoms. The van der Waals surface area contributed by atoms with Gasteiger partial charge >= 0.3 is 0 Å². The highest BCUT2D eigenvalue weighted by molar-refractivity contribution is 7.91. The van der Waals surface area contributed by atoms with Gasteiger partial charge in [0.2, 0.25) is 0 Å². The first kappa shape index (κ1) is 15.1. The summed E-state index contributed by atoms with van der Waals surface area (Å²) in [6, 6.07) is 3.30. The summed E-state index contributed by atoms with van der Waals surface area (Å²) in [7, 11) is -3.50. The average molecular weight is 287 g/mol. The van der Waals surface area contributed by atoms with Crippen molar-refractivity contribution in [3.8, 4) is 0 Å². The number of hydrogen-bond donors (Lipinski definition) is 1. The highest BCUT2D eigenvalue weighted by Gasteiger charge is 2.24. The molecule has 0 aliphatic heterocycles. The van der Waals surface area contributed by atoms with Crippen LogP contribution < -0.4 is 0 Å². The maximum absolute atomic E-state index is 12.3. The van der Waals surface area contributed by atoms with Gasteiger partial charge in [-0.05, 0) is 12.1 Å². The molecule has 100 valence electrons. The van der Waals surface area contributed by atoms with Gasteiger partial charge in [0, 0.05) is 31.0 Å². The molecule has 0 aliphatic rings. The van der Waals surface area contributed by atoms with E-state index in [4.69, 9.17) is 5.11 Å². The molecule has 0 fully saturated rings. The van der Waals surface area contributed by atoms with Crippen molar-refractivity contribution in [3.05, 3.63) is 42.3 Å². The molecule has 1 aromatic rings. The summed E-state index contributed by atoms with van der Waals surface area (Å²) in [6.45, 7) is 7.63. The molecule has 0 spiro atoms.